The third kappa shape index (κ3) is 2.37. The van der Waals surface area contributed by atoms with Crippen LogP contribution in [0.3, 0.4) is 0 Å². The number of carboxylic acid groups (broad SMARTS) is 1. The average Bonchev–Trinajstić information content (AvgIpc) is 2.49. The number of benzene rings is 2. The highest BCUT2D eigenvalue weighted by molar-refractivity contribution is 5.97. The summed E-state index contributed by atoms with van der Waals surface area (Å²) in [6.45, 7) is 0. The van der Waals surface area contributed by atoms with Crippen LogP contribution in [0.1, 0.15) is 10.4 Å². The molecule has 0 amide bonds. The monoisotopic (exact) mass is 298 g/mol. The van der Waals surface area contributed by atoms with Crippen LogP contribution in [0.25, 0.3) is 11.0 Å². The summed E-state index contributed by atoms with van der Waals surface area (Å²) in [5, 5.41) is 19.0. The molecule has 0 unspecified atom stereocenters. The second-order valence-corrected chi connectivity index (χ2v) is 4.49. The van der Waals surface area contributed by atoms with Gasteiger partial charge in [-0.2, -0.15) is 0 Å². The molecule has 0 aliphatic rings. The van der Waals surface area contributed by atoms with E-state index in [0.717, 1.165) is 0 Å². The maximum absolute atomic E-state index is 11.5. The van der Waals surface area contributed by atoms with Gasteiger partial charge in [0.2, 0.25) is 0 Å². The van der Waals surface area contributed by atoms with Crippen molar-refractivity contribution < 1.29 is 24.2 Å². The highest BCUT2D eigenvalue weighted by Gasteiger charge is 2.20. The number of carboxylic acids is 1. The first kappa shape index (κ1) is 13.7. The van der Waals surface area contributed by atoms with Gasteiger partial charge in [0.25, 0.3) is 0 Å². The molecule has 0 saturated carbocycles. The van der Waals surface area contributed by atoms with Crippen molar-refractivity contribution >= 4 is 16.9 Å². The number of rotatable bonds is 3. The zero-order valence-corrected chi connectivity index (χ0v) is 11.1. The topological polar surface area (TPSA) is 97.0 Å². The van der Waals surface area contributed by atoms with E-state index in [-0.39, 0.29) is 11.0 Å². The van der Waals surface area contributed by atoms with Gasteiger partial charge in [-0.05, 0) is 30.3 Å². The summed E-state index contributed by atoms with van der Waals surface area (Å²) >= 11 is 0. The lowest BCUT2D eigenvalue weighted by atomic mass is 10.1. The minimum absolute atomic E-state index is 0.0768. The second-order valence-electron chi connectivity index (χ2n) is 4.49. The number of aromatic carboxylic acids is 1. The Hall–Kier alpha value is -3.28. The fourth-order valence-electron chi connectivity index (χ4n) is 2.04. The quantitative estimate of drug-likeness (QED) is 0.721. The summed E-state index contributed by atoms with van der Waals surface area (Å²) in [7, 11) is 0. The van der Waals surface area contributed by atoms with Crippen LogP contribution < -0.4 is 10.4 Å². The van der Waals surface area contributed by atoms with Gasteiger partial charge in [0, 0.05) is 0 Å². The van der Waals surface area contributed by atoms with Gasteiger partial charge in [0.1, 0.15) is 22.8 Å². The van der Waals surface area contributed by atoms with Crippen molar-refractivity contribution in [3.63, 3.8) is 0 Å². The molecule has 22 heavy (non-hydrogen) atoms. The molecule has 1 aromatic heterocycles. The molecule has 2 N–H and O–H groups in total. The molecule has 0 fully saturated rings. The lowest BCUT2D eigenvalue weighted by Gasteiger charge is -2.08. The fraction of sp³-hybridized carbons (Fsp3) is 0. The molecule has 0 saturated heterocycles. The smallest absolute Gasteiger partial charge is 0.354 e. The molecule has 0 aliphatic carbocycles. The molecule has 1 heterocycles. The number of aromatic hydroxyl groups is 1. The molecular weight excluding hydrogens is 288 g/mol. The summed E-state index contributed by atoms with van der Waals surface area (Å²) in [4.78, 5) is 22.5. The molecular formula is C16H10O6. The Morgan fingerprint density at radius 1 is 1.05 bits per heavy atom. The lowest BCUT2D eigenvalue weighted by molar-refractivity contribution is 0.0689. The number of carbonyl (C=O) groups is 1. The standard InChI is InChI=1S/C16H10O6/c17-14-11-8-10(21-9-4-2-1-3-5-9)6-7-12(11)22-16(20)13(14)15(18)19/h1-8,17H,(H,18,19). The molecule has 6 nitrogen and oxygen atoms in total. The Balaban J connectivity index is 2.13. The molecule has 3 rings (SSSR count). The van der Waals surface area contributed by atoms with Gasteiger partial charge in [0.05, 0.1) is 5.39 Å². The van der Waals surface area contributed by atoms with Crippen LogP contribution in [0.4, 0.5) is 0 Å². The summed E-state index contributed by atoms with van der Waals surface area (Å²) < 4.78 is 10.5. The lowest BCUT2D eigenvalue weighted by Crippen LogP contribution is -2.13. The van der Waals surface area contributed by atoms with Crippen LogP contribution in [0, 0.1) is 0 Å². The third-order valence-corrected chi connectivity index (χ3v) is 3.04. The van der Waals surface area contributed by atoms with Crippen molar-refractivity contribution in [3.8, 4) is 17.2 Å². The molecule has 0 aliphatic heterocycles. The first-order valence-electron chi connectivity index (χ1n) is 6.32. The SMILES string of the molecule is O=C(O)c1c(O)c2cc(Oc3ccccc3)ccc2oc1=O. The summed E-state index contributed by atoms with van der Waals surface area (Å²) in [6, 6.07) is 13.3. The highest BCUT2D eigenvalue weighted by Crippen LogP contribution is 2.31. The molecule has 2 aromatic carbocycles. The van der Waals surface area contributed by atoms with Gasteiger partial charge < -0.3 is 19.4 Å². The maximum atomic E-state index is 11.5. The number of fused-ring (bicyclic) bond motifs is 1. The molecule has 0 spiro atoms. The van der Waals surface area contributed by atoms with Crippen LogP contribution in [0.2, 0.25) is 0 Å². The second kappa shape index (κ2) is 5.25. The summed E-state index contributed by atoms with van der Waals surface area (Å²) in [5.41, 5.74) is -1.83. The predicted molar refractivity (Wildman–Crippen MR) is 77.6 cm³/mol. The van der Waals surface area contributed by atoms with Gasteiger partial charge in [-0.15, -0.1) is 0 Å². The minimum atomic E-state index is -1.55. The Morgan fingerprint density at radius 3 is 2.45 bits per heavy atom. The largest absolute Gasteiger partial charge is 0.506 e. The van der Waals surface area contributed by atoms with E-state index in [4.69, 9.17) is 14.3 Å². The Labute approximate surface area is 123 Å². The molecule has 0 radical (unpaired) electrons. The molecule has 3 aromatic rings. The van der Waals surface area contributed by atoms with E-state index in [9.17, 15) is 14.7 Å². The Kier molecular flexibility index (Phi) is 3.27. The number of ether oxygens (including phenoxy) is 1. The van der Waals surface area contributed by atoms with Crippen molar-refractivity contribution in [1.29, 1.82) is 0 Å². The van der Waals surface area contributed by atoms with Crippen LogP contribution in [-0.2, 0) is 0 Å². The van der Waals surface area contributed by atoms with Gasteiger partial charge in [-0.25, -0.2) is 9.59 Å². The molecule has 6 heteroatoms. The summed E-state index contributed by atoms with van der Waals surface area (Å²) in [6.07, 6.45) is 0. The van der Waals surface area contributed by atoms with Gasteiger partial charge in [-0.3, -0.25) is 0 Å². The zero-order chi connectivity index (χ0) is 15.7. The normalized spacial score (nSPS) is 10.5. The van der Waals surface area contributed by atoms with Crippen molar-refractivity contribution in [2.75, 3.05) is 0 Å². The van der Waals surface area contributed by atoms with Gasteiger partial charge in [0.15, 0.2) is 5.56 Å². The number of para-hydroxylation sites is 1. The van der Waals surface area contributed by atoms with Crippen LogP contribution in [0.15, 0.2) is 57.7 Å². The predicted octanol–water partition coefficient (Wildman–Crippen LogP) is 2.99. The van der Waals surface area contributed by atoms with Gasteiger partial charge in [-0.1, -0.05) is 18.2 Å². The fourth-order valence-corrected chi connectivity index (χ4v) is 2.04. The molecule has 0 atom stereocenters. The van der Waals surface area contributed by atoms with E-state index >= 15 is 0 Å². The van der Waals surface area contributed by atoms with E-state index in [2.05, 4.69) is 0 Å². The Bertz CT molecular complexity index is 911. The number of hydrogen-bond donors (Lipinski definition) is 2. The van der Waals surface area contributed by atoms with Crippen LogP contribution in [0.5, 0.6) is 17.2 Å². The van der Waals surface area contributed by atoms with E-state index in [1.807, 2.05) is 6.07 Å². The highest BCUT2D eigenvalue weighted by atomic mass is 16.5. The van der Waals surface area contributed by atoms with Crippen LogP contribution in [-0.4, -0.2) is 16.2 Å². The van der Waals surface area contributed by atoms with Crippen molar-refractivity contribution in [1.82, 2.24) is 0 Å². The molecule has 110 valence electrons. The minimum Gasteiger partial charge on any atom is -0.506 e. The first-order chi connectivity index (χ1) is 10.6. The van der Waals surface area contributed by atoms with E-state index < -0.39 is 22.9 Å². The first-order valence-corrected chi connectivity index (χ1v) is 6.32. The van der Waals surface area contributed by atoms with Crippen molar-refractivity contribution in [2.45, 2.75) is 0 Å². The zero-order valence-electron chi connectivity index (χ0n) is 11.1. The van der Waals surface area contributed by atoms with Crippen molar-refractivity contribution in [2.24, 2.45) is 0 Å². The third-order valence-electron chi connectivity index (χ3n) is 3.04. The average molecular weight is 298 g/mol. The Morgan fingerprint density at radius 2 is 1.77 bits per heavy atom. The summed E-state index contributed by atoms with van der Waals surface area (Å²) in [5.74, 6) is -1.24. The van der Waals surface area contributed by atoms with E-state index in [1.54, 1.807) is 30.3 Å². The van der Waals surface area contributed by atoms with E-state index in [0.29, 0.717) is 11.5 Å². The van der Waals surface area contributed by atoms with Gasteiger partial charge >= 0.3 is 11.6 Å². The molecule has 0 bridgehead atoms. The maximum Gasteiger partial charge on any atom is 0.354 e. The number of hydrogen-bond acceptors (Lipinski definition) is 5. The van der Waals surface area contributed by atoms with Crippen molar-refractivity contribution in [3.05, 3.63) is 64.5 Å². The van der Waals surface area contributed by atoms with E-state index in [1.165, 1.54) is 12.1 Å². The van der Waals surface area contributed by atoms with Crippen LogP contribution >= 0.6 is 0 Å².